The molecule has 0 radical (unpaired) electrons. The van der Waals surface area contributed by atoms with E-state index in [2.05, 4.69) is 4.98 Å². The fourth-order valence-electron chi connectivity index (χ4n) is 2.07. The number of alkyl halides is 3. The Balaban J connectivity index is 2.80. The maximum Gasteiger partial charge on any atom is 0.419 e. The predicted octanol–water partition coefficient (Wildman–Crippen LogP) is 3.54. The van der Waals surface area contributed by atoms with Gasteiger partial charge in [0.1, 0.15) is 5.65 Å². The Labute approximate surface area is 108 Å². The van der Waals surface area contributed by atoms with Crippen LogP contribution in [0.15, 0.2) is 18.3 Å². The Morgan fingerprint density at radius 2 is 2.11 bits per heavy atom. The van der Waals surface area contributed by atoms with Crippen molar-refractivity contribution < 1.29 is 13.2 Å². The Hall–Kier alpha value is -2.03. The van der Waals surface area contributed by atoms with E-state index in [0.717, 1.165) is 6.07 Å². The predicted molar refractivity (Wildman–Crippen MR) is 63.6 cm³/mol. The summed E-state index contributed by atoms with van der Waals surface area (Å²) >= 11 is 0. The van der Waals surface area contributed by atoms with Gasteiger partial charge < -0.3 is 4.40 Å². The molecule has 2 rings (SSSR count). The quantitative estimate of drug-likeness (QED) is 0.835. The Morgan fingerprint density at radius 3 is 2.63 bits per heavy atom. The molecule has 0 aliphatic heterocycles. The summed E-state index contributed by atoms with van der Waals surface area (Å²) < 4.78 is 40.1. The van der Waals surface area contributed by atoms with E-state index in [-0.39, 0.29) is 18.0 Å². The van der Waals surface area contributed by atoms with E-state index in [1.54, 1.807) is 0 Å². The second kappa shape index (κ2) is 4.57. The van der Waals surface area contributed by atoms with Crippen LogP contribution < -0.4 is 0 Å². The number of aromatic nitrogens is 2. The van der Waals surface area contributed by atoms with Gasteiger partial charge in [-0.25, -0.2) is 4.98 Å². The molecular weight excluding hydrogens is 255 g/mol. The topological polar surface area (TPSA) is 41.1 Å². The van der Waals surface area contributed by atoms with E-state index < -0.39 is 11.7 Å². The molecule has 0 aliphatic carbocycles. The highest BCUT2D eigenvalue weighted by atomic mass is 19.4. The largest absolute Gasteiger partial charge is 0.419 e. The molecule has 19 heavy (non-hydrogen) atoms. The van der Waals surface area contributed by atoms with Gasteiger partial charge in [0.2, 0.25) is 0 Å². The van der Waals surface area contributed by atoms with Gasteiger partial charge in [-0.3, -0.25) is 0 Å². The number of fused-ring (bicyclic) bond motifs is 1. The van der Waals surface area contributed by atoms with Crippen molar-refractivity contribution in [3.63, 3.8) is 0 Å². The van der Waals surface area contributed by atoms with E-state index >= 15 is 0 Å². The van der Waals surface area contributed by atoms with Crippen LogP contribution in [0.25, 0.3) is 5.65 Å². The van der Waals surface area contributed by atoms with E-state index in [9.17, 15) is 13.2 Å². The number of nitriles is 1. The lowest BCUT2D eigenvalue weighted by Crippen LogP contribution is -2.07. The minimum Gasteiger partial charge on any atom is -0.302 e. The van der Waals surface area contributed by atoms with E-state index in [4.69, 9.17) is 5.26 Å². The fraction of sp³-hybridized carbons (Fsp3) is 0.385. The molecule has 2 heterocycles. The lowest BCUT2D eigenvalue weighted by atomic mass is 10.1. The van der Waals surface area contributed by atoms with E-state index in [1.807, 2.05) is 19.9 Å². The molecule has 0 bridgehead atoms. The van der Waals surface area contributed by atoms with Crippen molar-refractivity contribution in [3.05, 3.63) is 35.3 Å². The zero-order valence-corrected chi connectivity index (χ0v) is 10.5. The number of hydrogen-bond donors (Lipinski definition) is 0. The van der Waals surface area contributed by atoms with Gasteiger partial charge in [-0.2, -0.15) is 18.4 Å². The molecule has 6 heteroatoms. The van der Waals surface area contributed by atoms with Crippen LogP contribution in [0.4, 0.5) is 13.2 Å². The molecule has 0 N–H and O–H groups in total. The molecule has 2 aromatic heterocycles. The highest BCUT2D eigenvalue weighted by Gasteiger charge is 2.34. The summed E-state index contributed by atoms with van der Waals surface area (Å²) in [6.07, 6.45) is -2.90. The summed E-state index contributed by atoms with van der Waals surface area (Å²) in [5.41, 5.74) is 0.155. The highest BCUT2D eigenvalue weighted by molar-refractivity contribution is 5.53. The standard InChI is InChI=1S/C13H12F3N3/c1-8(2)11-10(5-6-17)19-7-3-4-9(12(19)18-11)13(14,15)16/h3-4,7-8H,5H2,1-2H3. The minimum absolute atomic E-state index is 0.0377. The summed E-state index contributed by atoms with van der Waals surface area (Å²) in [5, 5.41) is 8.82. The number of hydrogen-bond acceptors (Lipinski definition) is 2. The SMILES string of the molecule is CC(C)c1nc2c(C(F)(F)F)cccn2c1CC#N. The molecule has 0 saturated heterocycles. The van der Waals surface area contributed by atoms with Crippen LogP contribution in [-0.2, 0) is 12.6 Å². The van der Waals surface area contributed by atoms with E-state index in [0.29, 0.717) is 11.4 Å². The zero-order valence-electron chi connectivity index (χ0n) is 10.5. The van der Waals surface area contributed by atoms with Crippen LogP contribution in [0, 0.1) is 11.3 Å². The van der Waals surface area contributed by atoms with Gasteiger partial charge in [-0.05, 0) is 18.1 Å². The number of nitrogens with zero attached hydrogens (tertiary/aromatic N) is 3. The zero-order chi connectivity index (χ0) is 14.2. The number of pyridine rings is 1. The molecule has 0 amide bonds. The summed E-state index contributed by atoms with van der Waals surface area (Å²) in [5.74, 6) is -0.0377. The third-order valence-electron chi connectivity index (χ3n) is 2.88. The Bertz CT molecular complexity index is 647. The molecular formula is C13H12F3N3. The van der Waals surface area contributed by atoms with Crippen LogP contribution in [0.3, 0.4) is 0 Å². The van der Waals surface area contributed by atoms with Crippen molar-refractivity contribution in [2.75, 3.05) is 0 Å². The average Bonchev–Trinajstić information content (AvgIpc) is 2.67. The summed E-state index contributed by atoms with van der Waals surface area (Å²) in [7, 11) is 0. The second-order valence-corrected chi connectivity index (χ2v) is 4.55. The molecule has 0 aliphatic rings. The van der Waals surface area contributed by atoms with Gasteiger partial charge in [0.25, 0.3) is 0 Å². The third-order valence-corrected chi connectivity index (χ3v) is 2.88. The van der Waals surface area contributed by atoms with Crippen LogP contribution >= 0.6 is 0 Å². The molecule has 0 aromatic carbocycles. The number of imidazole rings is 1. The monoisotopic (exact) mass is 267 g/mol. The summed E-state index contributed by atoms with van der Waals surface area (Å²) in [6, 6.07) is 4.30. The number of rotatable bonds is 2. The van der Waals surface area contributed by atoms with Crippen LogP contribution in [0.1, 0.15) is 36.7 Å². The normalized spacial score (nSPS) is 12.1. The Morgan fingerprint density at radius 1 is 1.42 bits per heavy atom. The molecule has 0 spiro atoms. The van der Waals surface area contributed by atoms with Gasteiger partial charge in [0.05, 0.1) is 29.4 Å². The smallest absolute Gasteiger partial charge is 0.302 e. The van der Waals surface area contributed by atoms with Crippen molar-refractivity contribution in [1.29, 1.82) is 5.26 Å². The van der Waals surface area contributed by atoms with Gasteiger partial charge >= 0.3 is 6.18 Å². The van der Waals surface area contributed by atoms with Crippen molar-refractivity contribution in [3.8, 4) is 6.07 Å². The van der Waals surface area contributed by atoms with Gasteiger partial charge in [-0.1, -0.05) is 13.8 Å². The van der Waals surface area contributed by atoms with Crippen LogP contribution in [0.2, 0.25) is 0 Å². The lowest BCUT2D eigenvalue weighted by molar-refractivity contribution is -0.136. The first-order valence-electron chi connectivity index (χ1n) is 5.80. The van der Waals surface area contributed by atoms with Crippen LogP contribution in [0.5, 0.6) is 0 Å². The lowest BCUT2D eigenvalue weighted by Gasteiger charge is -2.07. The number of halogens is 3. The first-order chi connectivity index (χ1) is 8.86. The van der Waals surface area contributed by atoms with Gasteiger partial charge in [0, 0.05) is 6.20 Å². The molecule has 0 fully saturated rings. The average molecular weight is 267 g/mol. The first kappa shape index (κ1) is 13.4. The molecule has 0 unspecified atom stereocenters. The van der Waals surface area contributed by atoms with Gasteiger partial charge in [-0.15, -0.1) is 0 Å². The fourth-order valence-corrected chi connectivity index (χ4v) is 2.07. The molecule has 0 atom stereocenters. The molecule has 2 aromatic rings. The van der Waals surface area contributed by atoms with Crippen LogP contribution in [-0.4, -0.2) is 9.38 Å². The maximum absolute atomic E-state index is 12.9. The van der Waals surface area contributed by atoms with Crippen molar-refractivity contribution >= 4 is 5.65 Å². The van der Waals surface area contributed by atoms with Gasteiger partial charge in [0.15, 0.2) is 0 Å². The minimum atomic E-state index is -4.45. The van der Waals surface area contributed by atoms with Crippen molar-refractivity contribution in [2.45, 2.75) is 32.4 Å². The highest BCUT2D eigenvalue weighted by Crippen LogP contribution is 2.33. The molecule has 0 saturated carbocycles. The molecule has 100 valence electrons. The summed E-state index contributed by atoms with van der Waals surface area (Å²) in [4.78, 5) is 4.09. The van der Waals surface area contributed by atoms with Crippen molar-refractivity contribution in [1.82, 2.24) is 9.38 Å². The first-order valence-corrected chi connectivity index (χ1v) is 5.80. The maximum atomic E-state index is 12.9. The van der Waals surface area contributed by atoms with E-state index in [1.165, 1.54) is 16.7 Å². The molecule has 3 nitrogen and oxygen atoms in total. The van der Waals surface area contributed by atoms with Crippen molar-refractivity contribution in [2.24, 2.45) is 0 Å². The Kier molecular flexibility index (Phi) is 3.23. The summed E-state index contributed by atoms with van der Waals surface area (Å²) in [6.45, 7) is 3.69. The second-order valence-electron chi connectivity index (χ2n) is 4.55. The third kappa shape index (κ3) is 2.28.